The quantitative estimate of drug-likeness (QED) is 0.449. The minimum Gasteiger partial charge on any atom is -0.379 e. The van der Waals surface area contributed by atoms with Crippen molar-refractivity contribution >= 4 is 11.6 Å². The van der Waals surface area contributed by atoms with E-state index in [0.29, 0.717) is 24.5 Å². The van der Waals surface area contributed by atoms with Crippen LogP contribution in [0.3, 0.4) is 0 Å². The first-order valence-electron chi connectivity index (χ1n) is 10.7. The number of carbonyl (C=O) groups excluding carboxylic acids is 1. The minimum absolute atomic E-state index is 0.0137. The van der Waals surface area contributed by atoms with Gasteiger partial charge in [-0.2, -0.15) is 5.10 Å². The van der Waals surface area contributed by atoms with Crippen LogP contribution in [0.25, 0.3) is 0 Å². The van der Waals surface area contributed by atoms with Crippen LogP contribution >= 0.6 is 0 Å². The Kier molecular flexibility index (Phi) is 7.75. The lowest BCUT2D eigenvalue weighted by Crippen LogP contribution is -2.48. The second-order valence-electron chi connectivity index (χ2n) is 8.02. The van der Waals surface area contributed by atoms with Gasteiger partial charge in [0.2, 0.25) is 5.91 Å². The van der Waals surface area contributed by atoms with Crippen LogP contribution in [0.15, 0.2) is 30.3 Å². The van der Waals surface area contributed by atoms with Gasteiger partial charge >= 0.3 is 5.69 Å². The molecule has 3 rings (SSSR count). The van der Waals surface area contributed by atoms with Gasteiger partial charge in [0.1, 0.15) is 11.4 Å². The molecule has 0 bridgehead atoms. The van der Waals surface area contributed by atoms with Crippen LogP contribution in [-0.4, -0.2) is 69.3 Å². The summed E-state index contributed by atoms with van der Waals surface area (Å²) < 4.78 is 7.00. The van der Waals surface area contributed by atoms with E-state index in [1.165, 1.54) is 0 Å². The van der Waals surface area contributed by atoms with Gasteiger partial charge in [0.05, 0.1) is 24.7 Å². The summed E-state index contributed by atoms with van der Waals surface area (Å²) in [5, 5.41) is 15.5. The first-order valence-corrected chi connectivity index (χ1v) is 10.7. The van der Waals surface area contributed by atoms with Gasteiger partial charge in [0.25, 0.3) is 0 Å². The molecule has 168 valence electrons. The summed E-state index contributed by atoms with van der Waals surface area (Å²) in [4.78, 5) is 28.3. The number of ether oxygens (including phenoxy) is 1. The summed E-state index contributed by atoms with van der Waals surface area (Å²) in [7, 11) is 0. The molecule has 0 aliphatic carbocycles. The van der Waals surface area contributed by atoms with E-state index >= 15 is 0 Å². The molecule has 1 amide bonds. The van der Waals surface area contributed by atoms with E-state index in [2.05, 4.69) is 16.9 Å². The van der Waals surface area contributed by atoms with Crippen molar-refractivity contribution in [2.24, 2.45) is 0 Å². The van der Waals surface area contributed by atoms with Gasteiger partial charge in [-0.25, -0.2) is 0 Å². The second-order valence-corrected chi connectivity index (χ2v) is 8.02. The highest BCUT2D eigenvalue weighted by atomic mass is 16.6. The Bertz CT molecular complexity index is 893. The third kappa shape index (κ3) is 5.89. The van der Waals surface area contributed by atoms with E-state index in [0.717, 1.165) is 38.4 Å². The molecule has 9 nitrogen and oxygen atoms in total. The molecule has 1 unspecified atom stereocenters. The number of morpholine rings is 1. The van der Waals surface area contributed by atoms with E-state index in [-0.39, 0.29) is 24.1 Å². The molecule has 1 aromatic carbocycles. The maximum atomic E-state index is 13.2. The SMILES string of the molecule is Cc1nn(CCC(=O)N(Cc2ccccc2)C(C)CN2CCOCC2)c(C)c1[N+](=O)[O-]. The maximum Gasteiger partial charge on any atom is 0.312 e. The molecule has 2 aromatic rings. The number of nitro groups is 1. The van der Waals surface area contributed by atoms with Crippen molar-refractivity contribution in [1.29, 1.82) is 0 Å². The lowest BCUT2D eigenvalue weighted by molar-refractivity contribution is -0.386. The molecule has 2 heterocycles. The number of hydrogen-bond acceptors (Lipinski definition) is 6. The molecule has 9 heteroatoms. The van der Waals surface area contributed by atoms with E-state index in [1.807, 2.05) is 35.2 Å². The number of rotatable bonds is 9. The smallest absolute Gasteiger partial charge is 0.312 e. The van der Waals surface area contributed by atoms with Crippen molar-refractivity contribution in [1.82, 2.24) is 19.6 Å². The predicted octanol–water partition coefficient (Wildman–Crippen LogP) is 2.55. The van der Waals surface area contributed by atoms with Crippen molar-refractivity contribution in [3.8, 4) is 0 Å². The molecule has 0 saturated carbocycles. The molecule has 1 fully saturated rings. The fourth-order valence-corrected chi connectivity index (χ4v) is 4.04. The fraction of sp³-hybridized carbons (Fsp3) is 0.545. The Morgan fingerprint density at radius 3 is 2.55 bits per heavy atom. The predicted molar refractivity (Wildman–Crippen MR) is 117 cm³/mol. The van der Waals surface area contributed by atoms with Gasteiger partial charge in [-0.15, -0.1) is 0 Å². The van der Waals surface area contributed by atoms with Crippen molar-refractivity contribution < 1.29 is 14.5 Å². The normalized spacial score (nSPS) is 15.6. The monoisotopic (exact) mass is 429 g/mol. The van der Waals surface area contributed by atoms with Crippen LogP contribution in [0.2, 0.25) is 0 Å². The van der Waals surface area contributed by atoms with Crippen LogP contribution in [0.1, 0.15) is 30.3 Å². The number of aryl methyl sites for hydroxylation is 2. The highest BCUT2D eigenvalue weighted by Crippen LogP contribution is 2.22. The van der Waals surface area contributed by atoms with Crippen LogP contribution in [0, 0.1) is 24.0 Å². The summed E-state index contributed by atoms with van der Waals surface area (Å²) in [5.74, 6) is 0.0137. The van der Waals surface area contributed by atoms with Crippen molar-refractivity contribution in [2.75, 3.05) is 32.8 Å². The average molecular weight is 430 g/mol. The van der Waals surface area contributed by atoms with Crippen LogP contribution < -0.4 is 0 Å². The third-order valence-electron chi connectivity index (χ3n) is 5.74. The van der Waals surface area contributed by atoms with Gasteiger partial charge in [0.15, 0.2) is 0 Å². The van der Waals surface area contributed by atoms with Gasteiger partial charge in [0, 0.05) is 38.6 Å². The zero-order valence-corrected chi connectivity index (χ0v) is 18.5. The van der Waals surface area contributed by atoms with E-state index in [9.17, 15) is 14.9 Å². The van der Waals surface area contributed by atoms with Gasteiger partial charge in [-0.1, -0.05) is 30.3 Å². The standard InChI is InChI=1S/C22H31N5O4/c1-17(15-24-11-13-31-14-12-24)25(16-20-7-5-4-6-8-20)21(28)9-10-26-19(3)22(27(29)30)18(2)23-26/h4-8,17H,9-16H2,1-3H3. The Balaban J connectivity index is 1.70. The zero-order chi connectivity index (χ0) is 22.4. The number of aromatic nitrogens is 2. The second kappa shape index (κ2) is 10.5. The molecule has 0 N–H and O–H groups in total. The van der Waals surface area contributed by atoms with Crippen LogP contribution in [0.5, 0.6) is 0 Å². The van der Waals surface area contributed by atoms with E-state index < -0.39 is 4.92 Å². The van der Waals surface area contributed by atoms with Crippen molar-refractivity contribution in [3.05, 3.63) is 57.4 Å². The molecule has 31 heavy (non-hydrogen) atoms. The minimum atomic E-state index is -0.415. The molecular weight excluding hydrogens is 398 g/mol. The Labute approximate surface area is 182 Å². The largest absolute Gasteiger partial charge is 0.379 e. The number of nitrogens with zero attached hydrogens (tertiary/aromatic N) is 5. The summed E-state index contributed by atoms with van der Waals surface area (Å²) in [5.41, 5.74) is 1.95. The van der Waals surface area contributed by atoms with Crippen LogP contribution in [-0.2, 0) is 22.6 Å². The number of carbonyl (C=O) groups is 1. The van der Waals surface area contributed by atoms with Gasteiger partial charge in [-0.05, 0) is 26.3 Å². The Hall–Kier alpha value is -2.78. The number of benzene rings is 1. The fourth-order valence-electron chi connectivity index (χ4n) is 4.04. The first kappa shape index (κ1) is 22.9. The molecule has 1 aliphatic rings. The molecule has 1 atom stereocenters. The Morgan fingerprint density at radius 1 is 1.26 bits per heavy atom. The maximum absolute atomic E-state index is 13.2. The lowest BCUT2D eigenvalue weighted by Gasteiger charge is -2.35. The van der Waals surface area contributed by atoms with Gasteiger partial charge in [-0.3, -0.25) is 24.5 Å². The Morgan fingerprint density at radius 2 is 1.94 bits per heavy atom. The summed E-state index contributed by atoms with van der Waals surface area (Å²) in [6.07, 6.45) is 0.236. The third-order valence-corrected chi connectivity index (χ3v) is 5.74. The molecule has 1 aromatic heterocycles. The number of hydrogen-bond donors (Lipinski definition) is 0. The summed E-state index contributed by atoms with van der Waals surface area (Å²) >= 11 is 0. The van der Waals surface area contributed by atoms with Crippen molar-refractivity contribution in [2.45, 2.75) is 46.3 Å². The van der Waals surface area contributed by atoms with E-state index in [4.69, 9.17) is 4.74 Å². The zero-order valence-electron chi connectivity index (χ0n) is 18.5. The lowest BCUT2D eigenvalue weighted by atomic mass is 10.1. The van der Waals surface area contributed by atoms with Gasteiger partial charge < -0.3 is 9.64 Å². The molecule has 0 spiro atoms. The summed E-state index contributed by atoms with van der Waals surface area (Å²) in [6, 6.07) is 9.97. The molecule has 1 aliphatic heterocycles. The summed E-state index contributed by atoms with van der Waals surface area (Å²) in [6.45, 7) is 10.2. The molecule has 1 saturated heterocycles. The van der Waals surface area contributed by atoms with Crippen LogP contribution in [0.4, 0.5) is 5.69 Å². The average Bonchev–Trinajstić information content (AvgIpc) is 3.04. The molecular formula is C22H31N5O4. The van der Waals surface area contributed by atoms with Crippen molar-refractivity contribution in [3.63, 3.8) is 0 Å². The number of amides is 1. The first-order chi connectivity index (χ1) is 14.9. The highest BCUT2D eigenvalue weighted by molar-refractivity contribution is 5.76. The molecule has 0 radical (unpaired) electrons. The topological polar surface area (TPSA) is 93.7 Å². The highest BCUT2D eigenvalue weighted by Gasteiger charge is 2.25. The van der Waals surface area contributed by atoms with E-state index in [1.54, 1.807) is 18.5 Å².